The van der Waals surface area contributed by atoms with Crippen LogP contribution in [0.25, 0.3) is 0 Å². The Morgan fingerprint density at radius 1 is 2.00 bits per heavy atom. The van der Waals surface area contributed by atoms with Gasteiger partial charge < -0.3 is 11.3 Å². The van der Waals surface area contributed by atoms with E-state index in [1.165, 1.54) is 7.11 Å². The van der Waals surface area contributed by atoms with Crippen LogP contribution in [-0.2, 0) is 9.53 Å². The minimum absolute atomic E-state index is 0. The summed E-state index contributed by atoms with van der Waals surface area (Å²) in [7, 11) is 1.46. The molecule has 0 radical (unpaired) electrons. The van der Waals surface area contributed by atoms with Gasteiger partial charge in [0, 0.05) is 7.11 Å². The van der Waals surface area contributed by atoms with Crippen LogP contribution in [0.2, 0.25) is 0 Å². The molecule has 1 unspecified atom stereocenters. The Bertz CT molecular complexity index is 92.6. The summed E-state index contributed by atoms with van der Waals surface area (Å²) in [5, 5.41) is 8.19. The zero-order chi connectivity index (χ0) is 6.57. The van der Waals surface area contributed by atoms with Gasteiger partial charge in [-0.15, -0.1) is 0 Å². The second-order valence-corrected chi connectivity index (χ2v) is 2.37. The van der Waals surface area contributed by atoms with Crippen molar-refractivity contribution in [2.45, 2.75) is 4.83 Å². The van der Waals surface area contributed by atoms with Gasteiger partial charge in [-0.05, 0) is 0 Å². The van der Waals surface area contributed by atoms with Gasteiger partial charge in [0.05, 0.1) is 6.61 Å². The Morgan fingerprint density at radius 3 is 2.56 bits per heavy atom. The van der Waals surface area contributed by atoms with Crippen LogP contribution < -0.4 is 29.6 Å². The number of aliphatic carboxylic acids is 1. The summed E-state index contributed by atoms with van der Waals surface area (Å²) in [5.41, 5.74) is 0. The normalized spacial score (nSPS) is 11.8. The molecule has 5 heteroatoms. The van der Waals surface area contributed by atoms with E-state index in [0.29, 0.717) is 0 Å². The zero-order valence-electron chi connectivity index (χ0n) is 6.43. The van der Waals surface area contributed by atoms with Gasteiger partial charge in [-0.1, -0.05) is 15.9 Å². The molecule has 3 nitrogen and oxygen atoms in total. The molecule has 0 aromatic carbocycles. The van der Waals surface area contributed by atoms with Gasteiger partial charge in [-0.25, -0.2) is 0 Å². The van der Waals surface area contributed by atoms with Gasteiger partial charge in [0.2, 0.25) is 0 Å². The van der Waals surface area contributed by atoms with Crippen LogP contribution in [0.15, 0.2) is 0 Å². The Hall–Kier alpha value is 0.910. The van der Waals surface area contributed by atoms with E-state index in [4.69, 9.17) is 5.11 Å². The van der Waals surface area contributed by atoms with Crippen molar-refractivity contribution in [3.63, 3.8) is 0 Å². The van der Waals surface area contributed by atoms with Gasteiger partial charge in [0.15, 0.2) is 0 Å². The molecule has 0 heterocycles. The smallest absolute Gasteiger partial charge is 1.00 e. The fraction of sp³-hybridized carbons (Fsp3) is 0.750. The molecule has 0 bridgehead atoms. The molecule has 0 aliphatic carbocycles. The number of carbonyl (C=O) groups is 1. The van der Waals surface area contributed by atoms with Crippen LogP contribution in [0.1, 0.15) is 1.43 Å². The summed E-state index contributed by atoms with van der Waals surface area (Å²) >= 11 is 2.88. The topological polar surface area (TPSA) is 46.5 Å². The number of methoxy groups -OCH3 is 1. The molecular weight excluding hydrogens is 199 g/mol. The molecule has 0 aromatic heterocycles. The predicted octanol–water partition coefficient (Wildman–Crippen LogP) is -2.40. The van der Waals surface area contributed by atoms with Crippen molar-refractivity contribution in [3.05, 3.63) is 0 Å². The van der Waals surface area contributed by atoms with Crippen LogP contribution in [0, 0.1) is 0 Å². The third-order valence-corrected chi connectivity index (χ3v) is 1.24. The van der Waals surface area contributed by atoms with Gasteiger partial charge in [0.1, 0.15) is 4.83 Å². The quantitative estimate of drug-likeness (QED) is 0.414. The molecule has 0 saturated carbocycles. The van der Waals surface area contributed by atoms with E-state index >= 15 is 0 Å². The van der Waals surface area contributed by atoms with E-state index < -0.39 is 10.8 Å². The number of rotatable bonds is 3. The van der Waals surface area contributed by atoms with E-state index in [9.17, 15) is 4.79 Å². The van der Waals surface area contributed by atoms with E-state index in [2.05, 4.69) is 20.7 Å². The average molecular weight is 207 g/mol. The minimum Gasteiger partial charge on any atom is -1.00 e. The summed E-state index contributed by atoms with van der Waals surface area (Å²) in [6.45, 7) is 0.204. The molecule has 50 valence electrons. The van der Waals surface area contributed by atoms with Crippen LogP contribution in [0.5, 0.6) is 0 Å². The second-order valence-electron chi connectivity index (χ2n) is 1.26. The standard InChI is InChI=1S/C4H7BrO3.Na.H/c1-8-2-3(5)4(6)7;;/h3H,2H2,1H3,(H,6,7);;/q;+1;-1. The van der Waals surface area contributed by atoms with Crippen molar-refractivity contribution in [1.29, 1.82) is 0 Å². The molecule has 1 N–H and O–H groups in total. The fourth-order valence-corrected chi connectivity index (χ4v) is 0.482. The van der Waals surface area contributed by atoms with Crippen LogP contribution >= 0.6 is 15.9 Å². The Kier molecular flexibility index (Phi) is 9.81. The number of alkyl halides is 1. The number of hydrogen-bond donors (Lipinski definition) is 1. The summed E-state index contributed by atoms with van der Waals surface area (Å²) in [6.07, 6.45) is 0. The van der Waals surface area contributed by atoms with Crippen molar-refractivity contribution in [2.24, 2.45) is 0 Å². The first-order valence-corrected chi connectivity index (χ1v) is 2.96. The first-order valence-electron chi connectivity index (χ1n) is 2.04. The van der Waals surface area contributed by atoms with Crippen LogP contribution in [-0.4, -0.2) is 29.6 Å². The number of halogens is 1. The molecule has 0 aromatic rings. The van der Waals surface area contributed by atoms with Crippen molar-refractivity contribution in [2.75, 3.05) is 13.7 Å². The maximum absolute atomic E-state index is 9.96. The third kappa shape index (κ3) is 6.80. The molecule has 0 fully saturated rings. The SMILES string of the molecule is COCC(Br)C(=O)O.[H-].[Na+]. The summed E-state index contributed by atoms with van der Waals surface area (Å²) in [4.78, 5) is 9.39. The fourth-order valence-electron chi connectivity index (χ4n) is 0.218. The molecular formula is C4H8BrNaO3. The monoisotopic (exact) mass is 206 g/mol. The first-order chi connectivity index (χ1) is 3.68. The molecule has 0 aliphatic heterocycles. The van der Waals surface area contributed by atoms with Gasteiger partial charge in [0.25, 0.3) is 0 Å². The summed E-state index contributed by atoms with van der Waals surface area (Å²) in [6, 6.07) is 0. The largest absolute Gasteiger partial charge is 1.00 e. The summed E-state index contributed by atoms with van der Waals surface area (Å²) in [5.74, 6) is -0.896. The molecule has 0 spiro atoms. The van der Waals surface area contributed by atoms with E-state index in [1.807, 2.05) is 0 Å². The van der Waals surface area contributed by atoms with E-state index in [1.54, 1.807) is 0 Å². The maximum atomic E-state index is 9.96. The molecule has 0 amide bonds. The van der Waals surface area contributed by atoms with Crippen molar-refractivity contribution < 1.29 is 45.6 Å². The van der Waals surface area contributed by atoms with Gasteiger partial charge >= 0.3 is 35.5 Å². The Balaban J connectivity index is -0.000000245. The predicted molar refractivity (Wildman–Crippen MR) is 33.3 cm³/mol. The number of hydrogen-bond acceptors (Lipinski definition) is 2. The van der Waals surface area contributed by atoms with E-state index in [-0.39, 0.29) is 37.6 Å². The molecule has 0 rings (SSSR count). The van der Waals surface area contributed by atoms with Crippen LogP contribution in [0.3, 0.4) is 0 Å². The average Bonchev–Trinajstić information content (AvgIpc) is 1.67. The number of carboxylic acid groups (broad SMARTS) is 1. The van der Waals surface area contributed by atoms with E-state index in [0.717, 1.165) is 0 Å². The van der Waals surface area contributed by atoms with Crippen molar-refractivity contribution >= 4 is 21.9 Å². The first kappa shape index (κ1) is 12.6. The van der Waals surface area contributed by atoms with Crippen molar-refractivity contribution in [3.8, 4) is 0 Å². The molecule has 1 atom stereocenters. The molecule has 0 aliphatic rings. The number of carboxylic acids is 1. The Labute approximate surface area is 85.7 Å². The van der Waals surface area contributed by atoms with Crippen molar-refractivity contribution in [1.82, 2.24) is 0 Å². The minimum atomic E-state index is -0.896. The van der Waals surface area contributed by atoms with Gasteiger partial charge in [-0.3, -0.25) is 4.79 Å². The zero-order valence-corrected chi connectivity index (χ0v) is 9.01. The molecule has 9 heavy (non-hydrogen) atoms. The van der Waals surface area contributed by atoms with Gasteiger partial charge in [-0.2, -0.15) is 0 Å². The summed E-state index contributed by atoms with van der Waals surface area (Å²) < 4.78 is 4.54. The maximum Gasteiger partial charge on any atom is 1.00 e. The second kappa shape index (κ2) is 7.02. The van der Waals surface area contributed by atoms with Crippen LogP contribution in [0.4, 0.5) is 0 Å². The third-order valence-electron chi connectivity index (χ3n) is 0.581. The molecule has 0 saturated heterocycles. The Morgan fingerprint density at radius 2 is 2.44 bits per heavy atom. The number of ether oxygens (including phenoxy) is 1.